The molecule has 1 N–H and O–H groups in total. The van der Waals surface area contributed by atoms with Gasteiger partial charge in [-0.1, -0.05) is 0 Å². The van der Waals surface area contributed by atoms with Gasteiger partial charge in [0.1, 0.15) is 10.8 Å². The zero-order valence-corrected chi connectivity index (χ0v) is 12.1. The Hall–Kier alpha value is -2.52. The second-order valence-electron chi connectivity index (χ2n) is 4.25. The third kappa shape index (κ3) is 2.98. The van der Waals surface area contributed by atoms with Crippen molar-refractivity contribution in [3.63, 3.8) is 0 Å². The fourth-order valence-electron chi connectivity index (χ4n) is 1.90. The van der Waals surface area contributed by atoms with Gasteiger partial charge in [-0.3, -0.25) is 0 Å². The first-order valence-electron chi connectivity index (χ1n) is 6.45. The minimum atomic E-state index is 0.585. The molecule has 21 heavy (non-hydrogen) atoms. The van der Waals surface area contributed by atoms with Gasteiger partial charge in [-0.2, -0.15) is 5.26 Å². The maximum atomic E-state index is 8.90. The van der Waals surface area contributed by atoms with Crippen molar-refractivity contribution in [3.8, 4) is 11.8 Å². The van der Waals surface area contributed by atoms with E-state index in [9.17, 15) is 0 Å². The molecular formula is C15H12N4OS. The Morgan fingerprint density at radius 1 is 1.33 bits per heavy atom. The van der Waals surface area contributed by atoms with E-state index in [1.807, 2.05) is 25.1 Å². The summed E-state index contributed by atoms with van der Waals surface area (Å²) in [5.41, 5.74) is 2.37. The predicted octanol–water partition coefficient (Wildman–Crippen LogP) is 3.38. The molecular weight excluding hydrogens is 284 g/mol. The summed E-state index contributed by atoms with van der Waals surface area (Å²) in [6.07, 6.45) is 1.62. The van der Waals surface area contributed by atoms with Gasteiger partial charge >= 0.3 is 0 Å². The van der Waals surface area contributed by atoms with Crippen LogP contribution in [0.25, 0.3) is 11.0 Å². The molecule has 0 amide bonds. The van der Waals surface area contributed by atoms with E-state index >= 15 is 0 Å². The standard InChI is InChI=1S/C15H12N4OS/c1-2-20-11-3-4-12-13(8-11)19-15(18-12)21-14-7-10(9-16)5-6-17-14/h3-8H,2H2,1H3,(H,18,19). The summed E-state index contributed by atoms with van der Waals surface area (Å²) in [4.78, 5) is 11.9. The second-order valence-corrected chi connectivity index (χ2v) is 5.26. The van der Waals surface area contributed by atoms with Crippen LogP contribution in [-0.4, -0.2) is 21.6 Å². The molecule has 0 spiro atoms. The highest BCUT2D eigenvalue weighted by molar-refractivity contribution is 7.99. The van der Waals surface area contributed by atoms with E-state index in [-0.39, 0.29) is 0 Å². The van der Waals surface area contributed by atoms with Gasteiger partial charge in [-0.25, -0.2) is 9.97 Å². The average molecular weight is 296 g/mol. The topological polar surface area (TPSA) is 74.6 Å². The number of pyridine rings is 1. The maximum Gasteiger partial charge on any atom is 0.172 e. The molecule has 1 aromatic carbocycles. The lowest BCUT2D eigenvalue weighted by molar-refractivity contribution is 0.340. The van der Waals surface area contributed by atoms with E-state index in [4.69, 9.17) is 10.00 Å². The number of benzene rings is 1. The van der Waals surface area contributed by atoms with Crippen molar-refractivity contribution in [1.29, 1.82) is 5.26 Å². The summed E-state index contributed by atoms with van der Waals surface area (Å²) in [5, 5.41) is 10.4. The lowest BCUT2D eigenvalue weighted by Crippen LogP contribution is -1.90. The quantitative estimate of drug-likeness (QED) is 0.799. The molecule has 0 atom stereocenters. The Bertz CT molecular complexity index is 822. The van der Waals surface area contributed by atoms with Gasteiger partial charge in [-0.15, -0.1) is 0 Å². The summed E-state index contributed by atoms with van der Waals surface area (Å²) < 4.78 is 5.47. The zero-order valence-electron chi connectivity index (χ0n) is 11.3. The highest BCUT2D eigenvalue weighted by Crippen LogP contribution is 2.27. The van der Waals surface area contributed by atoms with Crippen molar-refractivity contribution in [2.45, 2.75) is 17.1 Å². The molecule has 5 nitrogen and oxygen atoms in total. The molecule has 0 saturated carbocycles. The molecule has 6 heteroatoms. The normalized spacial score (nSPS) is 10.5. The van der Waals surface area contributed by atoms with Crippen LogP contribution in [0.15, 0.2) is 46.7 Å². The highest BCUT2D eigenvalue weighted by Gasteiger charge is 2.07. The van der Waals surface area contributed by atoms with Gasteiger partial charge in [-0.05, 0) is 43.0 Å². The van der Waals surface area contributed by atoms with Gasteiger partial charge < -0.3 is 9.72 Å². The Labute approximate surface area is 126 Å². The number of aromatic nitrogens is 3. The first-order chi connectivity index (χ1) is 10.3. The maximum absolute atomic E-state index is 8.90. The number of nitrogens with one attached hydrogen (secondary N) is 1. The molecule has 0 aliphatic rings. The number of aromatic amines is 1. The molecule has 3 rings (SSSR count). The molecule has 104 valence electrons. The molecule has 0 bridgehead atoms. The molecule has 0 aliphatic carbocycles. The number of H-pyrrole nitrogens is 1. The van der Waals surface area contributed by atoms with Gasteiger partial charge in [0, 0.05) is 12.3 Å². The van der Waals surface area contributed by atoms with E-state index < -0.39 is 0 Å². The fourth-order valence-corrected chi connectivity index (χ4v) is 2.71. The number of nitriles is 1. The summed E-state index contributed by atoms with van der Waals surface area (Å²) in [5.74, 6) is 0.815. The molecule has 0 unspecified atom stereocenters. The molecule has 2 heterocycles. The van der Waals surface area contributed by atoms with Crippen LogP contribution in [0.3, 0.4) is 0 Å². The van der Waals surface area contributed by atoms with Crippen LogP contribution >= 0.6 is 11.8 Å². The first kappa shape index (κ1) is 13.5. The number of rotatable bonds is 4. The average Bonchev–Trinajstić information content (AvgIpc) is 2.89. The van der Waals surface area contributed by atoms with Crippen LogP contribution in [0.2, 0.25) is 0 Å². The van der Waals surface area contributed by atoms with Gasteiger partial charge in [0.2, 0.25) is 0 Å². The summed E-state index contributed by atoms with van der Waals surface area (Å²) in [6.45, 7) is 2.58. The fraction of sp³-hybridized carbons (Fsp3) is 0.133. The smallest absolute Gasteiger partial charge is 0.172 e. The number of ether oxygens (including phenoxy) is 1. The van der Waals surface area contributed by atoms with Crippen molar-refractivity contribution in [2.75, 3.05) is 6.61 Å². The second kappa shape index (κ2) is 5.85. The van der Waals surface area contributed by atoms with Gasteiger partial charge in [0.05, 0.1) is 29.3 Å². The van der Waals surface area contributed by atoms with Crippen LogP contribution in [0.4, 0.5) is 0 Å². The van der Waals surface area contributed by atoms with Crippen LogP contribution in [0, 0.1) is 11.3 Å². The minimum Gasteiger partial charge on any atom is -0.494 e. The van der Waals surface area contributed by atoms with E-state index in [2.05, 4.69) is 21.0 Å². The first-order valence-corrected chi connectivity index (χ1v) is 7.26. The predicted molar refractivity (Wildman–Crippen MR) is 80.3 cm³/mol. The van der Waals surface area contributed by atoms with E-state index in [1.54, 1.807) is 18.3 Å². The Morgan fingerprint density at radius 3 is 3.05 bits per heavy atom. The zero-order chi connectivity index (χ0) is 14.7. The number of fused-ring (bicyclic) bond motifs is 1. The molecule has 0 aliphatic heterocycles. The molecule has 0 radical (unpaired) electrons. The van der Waals surface area contributed by atoms with Gasteiger partial charge in [0.15, 0.2) is 5.16 Å². The monoisotopic (exact) mass is 296 g/mol. The van der Waals surface area contributed by atoms with E-state index in [0.29, 0.717) is 12.2 Å². The van der Waals surface area contributed by atoms with Crippen molar-refractivity contribution < 1.29 is 4.74 Å². The number of nitrogens with zero attached hydrogens (tertiary/aromatic N) is 3. The lowest BCUT2D eigenvalue weighted by atomic mass is 10.3. The third-order valence-electron chi connectivity index (χ3n) is 2.81. The van der Waals surface area contributed by atoms with E-state index in [0.717, 1.165) is 27.0 Å². The Balaban J connectivity index is 1.88. The minimum absolute atomic E-state index is 0.585. The molecule has 3 aromatic rings. The summed E-state index contributed by atoms with van der Waals surface area (Å²) in [6, 6.07) is 11.3. The van der Waals surface area contributed by atoms with Crippen molar-refractivity contribution in [1.82, 2.24) is 15.0 Å². The molecule has 0 saturated heterocycles. The SMILES string of the molecule is CCOc1ccc2nc(Sc3cc(C#N)ccn3)[nH]c2c1. The van der Waals surface area contributed by atoms with Crippen LogP contribution in [-0.2, 0) is 0 Å². The lowest BCUT2D eigenvalue weighted by Gasteiger charge is -2.00. The van der Waals surface area contributed by atoms with Crippen molar-refractivity contribution in [3.05, 3.63) is 42.1 Å². The van der Waals surface area contributed by atoms with Crippen molar-refractivity contribution in [2.24, 2.45) is 0 Å². The van der Waals surface area contributed by atoms with Crippen LogP contribution in [0.1, 0.15) is 12.5 Å². The largest absolute Gasteiger partial charge is 0.494 e. The van der Waals surface area contributed by atoms with Gasteiger partial charge in [0.25, 0.3) is 0 Å². The van der Waals surface area contributed by atoms with Crippen molar-refractivity contribution >= 4 is 22.8 Å². The van der Waals surface area contributed by atoms with E-state index in [1.165, 1.54) is 11.8 Å². The number of imidazole rings is 1. The third-order valence-corrected chi connectivity index (χ3v) is 3.63. The number of hydrogen-bond donors (Lipinski definition) is 1. The Morgan fingerprint density at radius 2 is 2.24 bits per heavy atom. The number of hydrogen-bond acceptors (Lipinski definition) is 5. The highest BCUT2D eigenvalue weighted by atomic mass is 32.2. The summed E-state index contributed by atoms with van der Waals surface area (Å²) in [7, 11) is 0. The van der Waals surface area contributed by atoms with Crippen LogP contribution < -0.4 is 4.74 Å². The Kier molecular flexibility index (Phi) is 3.75. The summed E-state index contributed by atoms with van der Waals surface area (Å²) >= 11 is 1.39. The molecule has 0 fully saturated rings. The molecule has 2 aromatic heterocycles. The van der Waals surface area contributed by atoms with Crippen LogP contribution in [0.5, 0.6) is 5.75 Å².